The van der Waals surface area contributed by atoms with E-state index in [1.165, 1.54) is 100 Å². The van der Waals surface area contributed by atoms with Crippen LogP contribution >= 0.6 is 0 Å². The Morgan fingerprint density at radius 3 is 1.60 bits per heavy atom. The maximum Gasteiger partial charge on any atom is 0.252 e. The van der Waals surface area contributed by atoms with E-state index in [1.807, 2.05) is 6.07 Å². The fourth-order valence-electron chi connectivity index (χ4n) is 11.8. The highest BCUT2D eigenvalue weighted by atomic mass is 16.3. The number of furan rings is 1. The standard InChI is InChI=1S/C66H63BN2O/c1-40-31-59-62-60(32-40)69(50-34-44(33-45(35-50)43-18-17-41-29-30-70-61(41)37-43)42-19-26-52-51-15-13-14-16-53(51)66(11,12)54(52)36-42)58-28-23-48(65(8,9)10)39-56(58)67(62)55-38-47(64(5,6)7)22-27-57(55)68(59)49-24-20-46(21-25-49)63(2,3)4/h13-39H,1-12H3. The number of aryl methyl sites for hydroxylation is 1. The minimum Gasteiger partial charge on any atom is -0.464 e. The van der Waals surface area contributed by atoms with Gasteiger partial charge in [-0.3, -0.25) is 0 Å². The van der Waals surface area contributed by atoms with Crippen LogP contribution in [0.1, 0.15) is 110 Å². The molecule has 2 aliphatic heterocycles. The fourth-order valence-corrected chi connectivity index (χ4v) is 11.8. The van der Waals surface area contributed by atoms with E-state index in [-0.39, 0.29) is 28.4 Å². The van der Waals surface area contributed by atoms with Gasteiger partial charge in [-0.05, 0) is 179 Å². The van der Waals surface area contributed by atoms with Crippen LogP contribution in [-0.2, 0) is 21.7 Å². The lowest BCUT2D eigenvalue weighted by Gasteiger charge is -2.45. The largest absolute Gasteiger partial charge is 0.464 e. The summed E-state index contributed by atoms with van der Waals surface area (Å²) < 4.78 is 6.05. The van der Waals surface area contributed by atoms with E-state index in [0.717, 1.165) is 27.8 Å². The van der Waals surface area contributed by atoms with E-state index in [9.17, 15) is 0 Å². The first-order valence-electron chi connectivity index (χ1n) is 25.3. The molecule has 0 atom stereocenters. The molecule has 0 radical (unpaired) electrons. The number of anilines is 6. The Morgan fingerprint density at radius 2 is 0.986 bits per heavy atom. The van der Waals surface area contributed by atoms with Crippen molar-refractivity contribution in [3.05, 3.63) is 197 Å². The molecular weight excluding hydrogens is 848 g/mol. The van der Waals surface area contributed by atoms with Crippen LogP contribution in [0.4, 0.5) is 34.1 Å². The molecule has 346 valence electrons. The van der Waals surface area contributed by atoms with Crippen LogP contribution in [0.2, 0.25) is 0 Å². The Morgan fingerprint density at radius 1 is 0.443 bits per heavy atom. The number of benzene rings is 8. The highest BCUT2D eigenvalue weighted by Crippen LogP contribution is 2.51. The van der Waals surface area contributed by atoms with Gasteiger partial charge >= 0.3 is 0 Å². The third-order valence-electron chi connectivity index (χ3n) is 15.8. The van der Waals surface area contributed by atoms with Crippen LogP contribution in [0.15, 0.2) is 168 Å². The second-order valence-electron chi connectivity index (χ2n) is 24.0. The summed E-state index contributed by atoms with van der Waals surface area (Å²) in [5.41, 5.74) is 27.2. The van der Waals surface area contributed by atoms with Gasteiger partial charge in [0.05, 0.1) is 6.26 Å². The molecule has 8 aromatic carbocycles. The van der Waals surface area contributed by atoms with Crippen molar-refractivity contribution in [1.82, 2.24) is 0 Å². The number of nitrogens with zero attached hydrogens (tertiary/aromatic N) is 2. The molecule has 70 heavy (non-hydrogen) atoms. The van der Waals surface area contributed by atoms with Crippen LogP contribution in [0.3, 0.4) is 0 Å². The van der Waals surface area contributed by atoms with Crippen molar-refractivity contribution in [2.24, 2.45) is 0 Å². The molecule has 0 bridgehead atoms. The van der Waals surface area contributed by atoms with Gasteiger partial charge in [-0.15, -0.1) is 0 Å². The monoisotopic (exact) mass is 911 g/mol. The summed E-state index contributed by atoms with van der Waals surface area (Å²) >= 11 is 0. The molecule has 12 rings (SSSR count). The smallest absolute Gasteiger partial charge is 0.252 e. The lowest BCUT2D eigenvalue weighted by Crippen LogP contribution is -2.61. The molecule has 0 N–H and O–H groups in total. The normalized spacial score (nSPS) is 14.6. The zero-order chi connectivity index (χ0) is 48.8. The van der Waals surface area contributed by atoms with Crippen molar-refractivity contribution in [3.63, 3.8) is 0 Å². The molecule has 3 heterocycles. The Balaban J connectivity index is 1.14. The highest BCUT2D eigenvalue weighted by molar-refractivity contribution is 7.00. The average Bonchev–Trinajstić information content (AvgIpc) is 3.89. The van der Waals surface area contributed by atoms with Gasteiger partial charge in [0.25, 0.3) is 6.71 Å². The predicted octanol–water partition coefficient (Wildman–Crippen LogP) is 16.4. The minimum absolute atomic E-state index is 0.00568. The Kier molecular flexibility index (Phi) is 9.62. The summed E-state index contributed by atoms with van der Waals surface area (Å²) in [5, 5.41) is 1.10. The van der Waals surface area contributed by atoms with Gasteiger partial charge in [-0.2, -0.15) is 0 Å². The van der Waals surface area contributed by atoms with Gasteiger partial charge in [-0.1, -0.05) is 161 Å². The predicted molar refractivity (Wildman–Crippen MR) is 300 cm³/mol. The molecule has 9 aromatic rings. The summed E-state index contributed by atoms with van der Waals surface area (Å²) in [7, 11) is 0. The topological polar surface area (TPSA) is 19.6 Å². The van der Waals surface area contributed by atoms with Crippen molar-refractivity contribution in [2.45, 2.75) is 105 Å². The fraction of sp³-hybridized carbons (Fsp3) is 0.242. The Labute approximate surface area is 415 Å². The van der Waals surface area contributed by atoms with E-state index in [2.05, 4.69) is 245 Å². The summed E-state index contributed by atoms with van der Waals surface area (Å²) in [4.78, 5) is 5.15. The molecule has 0 amide bonds. The van der Waals surface area contributed by atoms with Crippen LogP contribution in [-0.4, -0.2) is 6.71 Å². The summed E-state index contributed by atoms with van der Waals surface area (Å²) in [6, 6.07) is 60.9. The maximum absolute atomic E-state index is 6.05. The molecule has 0 spiro atoms. The number of rotatable bonds is 4. The van der Waals surface area contributed by atoms with Crippen molar-refractivity contribution in [2.75, 3.05) is 9.80 Å². The average molecular weight is 911 g/mol. The van der Waals surface area contributed by atoms with E-state index in [1.54, 1.807) is 6.26 Å². The van der Waals surface area contributed by atoms with Crippen molar-refractivity contribution < 1.29 is 4.42 Å². The maximum atomic E-state index is 6.05. The number of hydrogen-bond donors (Lipinski definition) is 0. The lowest BCUT2D eigenvalue weighted by molar-refractivity contribution is 0.590. The molecule has 3 aliphatic rings. The number of fused-ring (bicyclic) bond motifs is 8. The van der Waals surface area contributed by atoms with Gasteiger partial charge in [0.2, 0.25) is 0 Å². The SMILES string of the molecule is Cc1cc2c3c(c1)N(c1cc(-c4ccc5c(c4)C(C)(C)c4ccccc4-5)cc(-c4ccc5ccoc5c4)c1)c1ccc(C(C)(C)C)cc1B3c1cc(C(C)(C)C)ccc1N2c1ccc(C(C)(C)C)cc1. The van der Waals surface area contributed by atoms with E-state index < -0.39 is 0 Å². The molecular formula is C66H63BN2O. The van der Waals surface area contributed by atoms with Gasteiger partial charge in [0.1, 0.15) is 5.58 Å². The van der Waals surface area contributed by atoms with Crippen LogP contribution < -0.4 is 26.2 Å². The molecule has 1 aliphatic carbocycles. The zero-order valence-electron chi connectivity index (χ0n) is 43.0. The molecule has 1 aromatic heterocycles. The quantitative estimate of drug-likeness (QED) is 0.164. The van der Waals surface area contributed by atoms with E-state index in [0.29, 0.717) is 0 Å². The van der Waals surface area contributed by atoms with Crippen molar-refractivity contribution in [3.8, 4) is 33.4 Å². The van der Waals surface area contributed by atoms with Gasteiger partial charge in [0.15, 0.2) is 0 Å². The first-order chi connectivity index (χ1) is 33.2. The molecule has 0 fully saturated rings. The van der Waals surface area contributed by atoms with Gasteiger partial charge < -0.3 is 14.2 Å². The molecule has 4 heteroatoms. The third-order valence-corrected chi connectivity index (χ3v) is 15.8. The first-order valence-corrected chi connectivity index (χ1v) is 25.3. The van der Waals surface area contributed by atoms with Crippen LogP contribution in [0, 0.1) is 6.92 Å². The molecule has 0 saturated heterocycles. The molecule has 0 saturated carbocycles. The van der Waals surface area contributed by atoms with Crippen LogP contribution in [0.25, 0.3) is 44.3 Å². The first kappa shape index (κ1) is 44.2. The van der Waals surface area contributed by atoms with Gasteiger partial charge in [-0.25, -0.2) is 0 Å². The Hall–Kier alpha value is -7.04. The van der Waals surface area contributed by atoms with Crippen molar-refractivity contribution in [1.29, 1.82) is 0 Å². The molecule has 3 nitrogen and oxygen atoms in total. The van der Waals surface area contributed by atoms with E-state index >= 15 is 0 Å². The summed E-state index contributed by atoms with van der Waals surface area (Å²) in [6.45, 7) is 28.0. The molecule has 0 unspecified atom stereocenters. The second kappa shape index (κ2) is 15.2. The zero-order valence-corrected chi connectivity index (χ0v) is 43.0. The Bertz CT molecular complexity index is 3610. The van der Waals surface area contributed by atoms with Gasteiger partial charge in [0, 0.05) is 44.9 Å². The number of hydrogen-bond acceptors (Lipinski definition) is 3. The van der Waals surface area contributed by atoms with E-state index in [4.69, 9.17) is 4.42 Å². The second-order valence-corrected chi connectivity index (χ2v) is 24.0. The lowest BCUT2D eigenvalue weighted by atomic mass is 9.33. The summed E-state index contributed by atoms with van der Waals surface area (Å²) in [6.07, 6.45) is 1.79. The van der Waals surface area contributed by atoms with Crippen LogP contribution in [0.5, 0.6) is 0 Å². The third kappa shape index (κ3) is 6.92. The minimum atomic E-state index is -0.124. The van der Waals surface area contributed by atoms with Crippen molar-refractivity contribution >= 4 is 68.2 Å². The summed E-state index contributed by atoms with van der Waals surface area (Å²) in [5.74, 6) is 0. The highest BCUT2D eigenvalue weighted by Gasteiger charge is 2.45.